The van der Waals surface area contributed by atoms with Gasteiger partial charge < -0.3 is 9.84 Å². The van der Waals surface area contributed by atoms with Crippen LogP contribution in [0.2, 0.25) is 0 Å². The largest absolute Gasteiger partial charge is 0.464 e. The molecule has 1 aliphatic heterocycles. The summed E-state index contributed by atoms with van der Waals surface area (Å²) in [6.45, 7) is 2.69. The van der Waals surface area contributed by atoms with E-state index in [2.05, 4.69) is 0 Å². The Labute approximate surface area is 65.8 Å². The van der Waals surface area contributed by atoms with Crippen molar-refractivity contribution in [3.05, 3.63) is 0 Å². The van der Waals surface area contributed by atoms with E-state index in [9.17, 15) is 4.79 Å². The number of hydrogen-bond donors (Lipinski definition) is 1. The van der Waals surface area contributed by atoms with Gasteiger partial charge in [-0.3, -0.25) is 9.69 Å². The molecule has 1 N–H and O–H groups in total. The van der Waals surface area contributed by atoms with Crippen LogP contribution in [0.15, 0.2) is 0 Å². The third kappa shape index (κ3) is 2.86. The summed E-state index contributed by atoms with van der Waals surface area (Å²) < 4.78 is 4.82. The number of carbonyl (C=O) groups is 1. The standard InChI is InChI=1S/C7H13NO3/c9-5-3-8-2-1-7(10)11-6-4-8/h9H,1-6H2. The first-order valence-corrected chi connectivity index (χ1v) is 3.82. The Balaban J connectivity index is 2.28. The minimum absolute atomic E-state index is 0.134. The SMILES string of the molecule is O=C1CCN(CCO)CCO1. The summed E-state index contributed by atoms with van der Waals surface area (Å²) in [7, 11) is 0. The van der Waals surface area contributed by atoms with Crippen molar-refractivity contribution in [3.63, 3.8) is 0 Å². The second-order valence-electron chi connectivity index (χ2n) is 2.54. The zero-order chi connectivity index (χ0) is 8.10. The highest BCUT2D eigenvalue weighted by Gasteiger charge is 2.13. The number of hydrogen-bond acceptors (Lipinski definition) is 4. The maximum absolute atomic E-state index is 10.7. The number of aliphatic hydroxyl groups excluding tert-OH is 1. The van der Waals surface area contributed by atoms with Crippen LogP contribution in [0.5, 0.6) is 0 Å². The van der Waals surface area contributed by atoms with Crippen molar-refractivity contribution < 1.29 is 14.6 Å². The van der Waals surface area contributed by atoms with Crippen molar-refractivity contribution in [3.8, 4) is 0 Å². The van der Waals surface area contributed by atoms with Crippen molar-refractivity contribution >= 4 is 5.97 Å². The van der Waals surface area contributed by atoms with Gasteiger partial charge in [0.1, 0.15) is 6.61 Å². The fourth-order valence-corrected chi connectivity index (χ4v) is 1.09. The molecular weight excluding hydrogens is 146 g/mol. The molecule has 1 heterocycles. The quantitative estimate of drug-likeness (QED) is 0.537. The smallest absolute Gasteiger partial charge is 0.307 e. The van der Waals surface area contributed by atoms with E-state index in [4.69, 9.17) is 9.84 Å². The molecule has 1 fully saturated rings. The molecule has 0 aromatic rings. The van der Waals surface area contributed by atoms with E-state index in [1.807, 2.05) is 4.90 Å². The Morgan fingerprint density at radius 1 is 1.55 bits per heavy atom. The average Bonchev–Trinajstić information content (AvgIpc) is 2.17. The number of cyclic esters (lactones) is 1. The Morgan fingerprint density at radius 2 is 2.36 bits per heavy atom. The second kappa shape index (κ2) is 4.31. The first-order chi connectivity index (χ1) is 5.33. The van der Waals surface area contributed by atoms with Crippen LogP contribution in [0.3, 0.4) is 0 Å². The van der Waals surface area contributed by atoms with Crippen molar-refractivity contribution in [1.82, 2.24) is 4.90 Å². The molecule has 11 heavy (non-hydrogen) atoms. The molecule has 0 aliphatic carbocycles. The summed E-state index contributed by atoms with van der Waals surface area (Å²) in [5.74, 6) is -0.134. The lowest BCUT2D eigenvalue weighted by Crippen LogP contribution is -2.29. The Morgan fingerprint density at radius 3 is 3.09 bits per heavy atom. The van der Waals surface area contributed by atoms with Crippen LogP contribution >= 0.6 is 0 Å². The van der Waals surface area contributed by atoms with Gasteiger partial charge in [-0.1, -0.05) is 0 Å². The lowest BCUT2D eigenvalue weighted by Gasteiger charge is -2.15. The van der Waals surface area contributed by atoms with E-state index in [1.165, 1.54) is 0 Å². The van der Waals surface area contributed by atoms with Crippen LogP contribution in [0.4, 0.5) is 0 Å². The van der Waals surface area contributed by atoms with E-state index in [0.717, 1.165) is 6.54 Å². The molecule has 0 aromatic carbocycles. The zero-order valence-corrected chi connectivity index (χ0v) is 6.45. The first kappa shape index (κ1) is 8.49. The maximum Gasteiger partial charge on any atom is 0.307 e. The lowest BCUT2D eigenvalue weighted by molar-refractivity contribution is -0.142. The average molecular weight is 159 g/mol. The van der Waals surface area contributed by atoms with E-state index in [0.29, 0.717) is 26.1 Å². The van der Waals surface area contributed by atoms with Crippen LogP contribution in [-0.2, 0) is 9.53 Å². The summed E-state index contributed by atoms with van der Waals surface area (Å²) in [5.41, 5.74) is 0. The molecule has 0 spiro atoms. The third-order valence-electron chi connectivity index (χ3n) is 1.72. The molecule has 64 valence electrons. The highest BCUT2D eigenvalue weighted by atomic mass is 16.5. The fraction of sp³-hybridized carbons (Fsp3) is 0.857. The highest BCUT2D eigenvalue weighted by Crippen LogP contribution is 1.98. The van der Waals surface area contributed by atoms with E-state index in [-0.39, 0.29) is 12.6 Å². The predicted octanol–water partition coefficient (Wildman–Crippen LogP) is -0.772. The van der Waals surface area contributed by atoms with Crippen molar-refractivity contribution in [2.45, 2.75) is 6.42 Å². The first-order valence-electron chi connectivity index (χ1n) is 3.82. The number of aliphatic hydroxyl groups is 1. The Bertz CT molecular complexity index is 138. The topological polar surface area (TPSA) is 49.8 Å². The maximum atomic E-state index is 10.7. The van der Waals surface area contributed by atoms with Gasteiger partial charge in [0.15, 0.2) is 0 Å². The summed E-state index contributed by atoms with van der Waals surface area (Å²) in [5, 5.41) is 8.61. The number of rotatable bonds is 2. The number of carbonyl (C=O) groups excluding carboxylic acids is 1. The summed E-state index contributed by atoms with van der Waals surface area (Å²) >= 11 is 0. The minimum Gasteiger partial charge on any atom is -0.464 e. The summed E-state index contributed by atoms with van der Waals surface area (Å²) in [4.78, 5) is 12.7. The van der Waals surface area contributed by atoms with Gasteiger partial charge in [-0.25, -0.2) is 0 Å². The van der Waals surface area contributed by atoms with Crippen LogP contribution in [0.25, 0.3) is 0 Å². The lowest BCUT2D eigenvalue weighted by atomic mass is 10.4. The molecule has 0 saturated carbocycles. The Kier molecular flexibility index (Phi) is 3.32. The number of nitrogens with zero attached hydrogens (tertiary/aromatic N) is 1. The highest BCUT2D eigenvalue weighted by molar-refractivity contribution is 5.69. The molecule has 1 aliphatic rings. The molecule has 1 rings (SSSR count). The molecule has 1 saturated heterocycles. The van der Waals surface area contributed by atoms with Crippen molar-refractivity contribution in [1.29, 1.82) is 0 Å². The van der Waals surface area contributed by atoms with Crippen LogP contribution in [0, 0.1) is 0 Å². The van der Waals surface area contributed by atoms with Crippen LogP contribution in [0.1, 0.15) is 6.42 Å². The van der Waals surface area contributed by atoms with Gasteiger partial charge >= 0.3 is 5.97 Å². The summed E-state index contributed by atoms with van der Waals surface area (Å²) in [6, 6.07) is 0. The molecule has 0 bridgehead atoms. The van der Waals surface area contributed by atoms with Crippen LogP contribution in [-0.4, -0.2) is 48.8 Å². The van der Waals surface area contributed by atoms with E-state index >= 15 is 0 Å². The van der Waals surface area contributed by atoms with Gasteiger partial charge in [-0.2, -0.15) is 0 Å². The second-order valence-corrected chi connectivity index (χ2v) is 2.54. The molecule has 0 radical (unpaired) electrons. The van der Waals surface area contributed by atoms with Gasteiger partial charge in [0.05, 0.1) is 13.0 Å². The summed E-state index contributed by atoms with van der Waals surface area (Å²) in [6.07, 6.45) is 0.444. The fourth-order valence-electron chi connectivity index (χ4n) is 1.09. The van der Waals surface area contributed by atoms with Crippen LogP contribution < -0.4 is 0 Å². The van der Waals surface area contributed by atoms with Gasteiger partial charge in [-0.15, -0.1) is 0 Å². The number of β-amino-alcohol motifs (C(OH)–C–C–N with tert-alkyl or cyclic N) is 1. The molecule has 0 unspecified atom stereocenters. The monoisotopic (exact) mass is 159 g/mol. The van der Waals surface area contributed by atoms with Gasteiger partial charge in [-0.05, 0) is 0 Å². The third-order valence-corrected chi connectivity index (χ3v) is 1.72. The van der Waals surface area contributed by atoms with E-state index in [1.54, 1.807) is 0 Å². The Hall–Kier alpha value is -0.610. The zero-order valence-electron chi connectivity index (χ0n) is 6.45. The molecule has 0 atom stereocenters. The number of esters is 1. The normalized spacial score (nSPS) is 21.0. The molecular formula is C7H13NO3. The predicted molar refractivity (Wildman–Crippen MR) is 39.1 cm³/mol. The van der Waals surface area contributed by atoms with Gasteiger partial charge in [0.25, 0.3) is 0 Å². The van der Waals surface area contributed by atoms with Gasteiger partial charge in [0.2, 0.25) is 0 Å². The molecule has 4 heteroatoms. The van der Waals surface area contributed by atoms with E-state index < -0.39 is 0 Å². The number of ether oxygens (including phenoxy) is 1. The molecule has 4 nitrogen and oxygen atoms in total. The van der Waals surface area contributed by atoms with Crippen molar-refractivity contribution in [2.24, 2.45) is 0 Å². The minimum atomic E-state index is -0.134. The molecule has 0 aromatic heterocycles. The van der Waals surface area contributed by atoms with Crippen molar-refractivity contribution in [2.75, 3.05) is 32.8 Å². The molecule has 0 amide bonds. The van der Waals surface area contributed by atoms with Gasteiger partial charge in [0, 0.05) is 19.6 Å².